The normalized spacial score (nSPS) is 17.3. The summed E-state index contributed by atoms with van der Waals surface area (Å²) >= 11 is 0. The van der Waals surface area contributed by atoms with Crippen LogP contribution >= 0.6 is 0 Å². The van der Waals surface area contributed by atoms with Crippen molar-refractivity contribution in [1.29, 1.82) is 0 Å². The van der Waals surface area contributed by atoms with Crippen molar-refractivity contribution < 1.29 is 4.79 Å². The molecule has 1 saturated carbocycles. The Morgan fingerprint density at radius 1 is 1.08 bits per heavy atom. The Labute approximate surface area is 211 Å². The van der Waals surface area contributed by atoms with E-state index in [1.165, 1.54) is 6.42 Å². The molecular formula is C27H35N7O2. The van der Waals surface area contributed by atoms with Crippen molar-refractivity contribution in [2.45, 2.75) is 45.1 Å². The highest BCUT2D eigenvalue weighted by molar-refractivity contribution is 5.96. The minimum Gasteiger partial charge on any atom is -0.367 e. The first-order chi connectivity index (χ1) is 17.5. The predicted octanol–water partition coefficient (Wildman–Crippen LogP) is 3.54. The summed E-state index contributed by atoms with van der Waals surface area (Å²) < 4.78 is 2.04. The van der Waals surface area contributed by atoms with E-state index in [9.17, 15) is 9.59 Å². The maximum atomic E-state index is 13.3. The molecule has 9 heteroatoms. The maximum Gasteiger partial charge on any atom is 0.256 e. The van der Waals surface area contributed by atoms with Crippen molar-refractivity contribution in [3.05, 3.63) is 52.4 Å². The fourth-order valence-electron chi connectivity index (χ4n) is 5.27. The number of piperazine rings is 1. The molecule has 1 aliphatic carbocycles. The van der Waals surface area contributed by atoms with E-state index in [0.29, 0.717) is 23.5 Å². The van der Waals surface area contributed by atoms with Crippen molar-refractivity contribution in [2.24, 2.45) is 0 Å². The van der Waals surface area contributed by atoms with Gasteiger partial charge in [0.05, 0.1) is 16.8 Å². The zero-order valence-electron chi connectivity index (χ0n) is 21.2. The topological polar surface area (TPSA) is 95.4 Å². The SMILES string of the molecule is CCNC(=O)c1cn(C2CCCCC2)c2nc(Nc3ccccc3N3CCN(C)CC3)ncc2c1=O. The number of nitrogens with zero attached hydrogens (tertiary/aromatic N) is 5. The Balaban J connectivity index is 1.54. The molecule has 0 atom stereocenters. The van der Waals surface area contributed by atoms with E-state index in [1.807, 2.05) is 29.7 Å². The number of rotatable bonds is 6. The van der Waals surface area contributed by atoms with Gasteiger partial charge in [0.1, 0.15) is 11.2 Å². The number of nitrogens with one attached hydrogen (secondary N) is 2. The van der Waals surface area contributed by atoms with Crippen molar-refractivity contribution in [3.8, 4) is 0 Å². The molecule has 190 valence electrons. The lowest BCUT2D eigenvalue weighted by molar-refractivity contribution is 0.0954. The summed E-state index contributed by atoms with van der Waals surface area (Å²) in [6, 6.07) is 8.40. The summed E-state index contributed by atoms with van der Waals surface area (Å²) in [4.78, 5) is 40.0. The van der Waals surface area contributed by atoms with E-state index >= 15 is 0 Å². The molecule has 0 bridgehead atoms. The van der Waals surface area contributed by atoms with E-state index in [2.05, 4.69) is 38.5 Å². The number of fused-ring (bicyclic) bond motifs is 1. The molecule has 2 N–H and O–H groups in total. The Kier molecular flexibility index (Phi) is 7.18. The van der Waals surface area contributed by atoms with Gasteiger partial charge in [-0.15, -0.1) is 0 Å². The summed E-state index contributed by atoms with van der Waals surface area (Å²) in [5.41, 5.74) is 2.46. The van der Waals surface area contributed by atoms with E-state index in [-0.39, 0.29) is 22.9 Å². The first-order valence-corrected chi connectivity index (χ1v) is 13.0. The molecule has 9 nitrogen and oxygen atoms in total. The standard InChI is InChI=1S/C27H35N7O2/c1-3-28-26(36)21-18-34(19-9-5-4-6-10-19)25-20(24(21)35)17-29-27(31-25)30-22-11-7-8-12-23(22)33-15-13-32(2)14-16-33/h7-8,11-12,17-19H,3-6,9-10,13-16H2,1-2H3,(H,28,36)(H,29,30,31). The Bertz CT molecular complexity index is 1290. The number of likely N-dealkylation sites (N-methyl/N-ethyl adjacent to an activating group) is 1. The molecule has 5 rings (SSSR count). The predicted molar refractivity (Wildman–Crippen MR) is 143 cm³/mol. The fourth-order valence-corrected chi connectivity index (χ4v) is 5.27. The summed E-state index contributed by atoms with van der Waals surface area (Å²) in [6.07, 6.45) is 8.75. The quantitative estimate of drug-likeness (QED) is 0.547. The summed E-state index contributed by atoms with van der Waals surface area (Å²) in [6.45, 7) is 6.26. The zero-order valence-corrected chi connectivity index (χ0v) is 21.2. The van der Waals surface area contributed by atoms with Crippen molar-refractivity contribution in [3.63, 3.8) is 0 Å². The molecule has 1 aliphatic heterocycles. The lowest BCUT2D eigenvalue weighted by Gasteiger charge is -2.35. The molecule has 0 radical (unpaired) electrons. The Hall–Kier alpha value is -3.46. The number of para-hydroxylation sites is 2. The van der Waals surface area contributed by atoms with Gasteiger partial charge in [0.25, 0.3) is 5.91 Å². The van der Waals surface area contributed by atoms with Gasteiger partial charge in [0.15, 0.2) is 0 Å². The van der Waals surface area contributed by atoms with Crippen LogP contribution in [0, 0.1) is 0 Å². The monoisotopic (exact) mass is 489 g/mol. The van der Waals surface area contributed by atoms with Crippen LogP contribution in [0.5, 0.6) is 0 Å². The summed E-state index contributed by atoms with van der Waals surface area (Å²) in [5, 5.41) is 6.55. The van der Waals surface area contributed by atoms with Crippen LogP contribution in [0.2, 0.25) is 0 Å². The summed E-state index contributed by atoms with van der Waals surface area (Å²) in [7, 11) is 2.15. The third-order valence-electron chi connectivity index (χ3n) is 7.32. The highest BCUT2D eigenvalue weighted by Gasteiger charge is 2.23. The van der Waals surface area contributed by atoms with Gasteiger partial charge >= 0.3 is 0 Å². The number of hydrogen-bond acceptors (Lipinski definition) is 7. The number of anilines is 3. The molecule has 1 amide bonds. The van der Waals surface area contributed by atoms with E-state index < -0.39 is 0 Å². The molecule has 2 aliphatic rings. The average molecular weight is 490 g/mol. The smallest absolute Gasteiger partial charge is 0.256 e. The third-order valence-corrected chi connectivity index (χ3v) is 7.32. The number of hydrogen-bond donors (Lipinski definition) is 2. The second-order valence-corrected chi connectivity index (χ2v) is 9.79. The zero-order chi connectivity index (χ0) is 25.1. The second kappa shape index (κ2) is 10.7. The first-order valence-electron chi connectivity index (χ1n) is 13.0. The van der Waals surface area contributed by atoms with Gasteiger partial charge in [0.2, 0.25) is 11.4 Å². The molecule has 3 heterocycles. The van der Waals surface area contributed by atoms with Gasteiger partial charge in [0, 0.05) is 51.2 Å². The van der Waals surface area contributed by atoms with E-state index in [0.717, 1.165) is 63.2 Å². The molecular weight excluding hydrogens is 454 g/mol. The summed E-state index contributed by atoms with van der Waals surface area (Å²) in [5.74, 6) is 0.0936. The molecule has 2 aromatic heterocycles. The van der Waals surface area contributed by atoms with Gasteiger partial charge in [-0.25, -0.2) is 4.98 Å². The van der Waals surface area contributed by atoms with Gasteiger partial charge in [-0.3, -0.25) is 9.59 Å². The van der Waals surface area contributed by atoms with Crippen LogP contribution in [-0.2, 0) is 0 Å². The number of aromatic nitrogens is 3. The highest BCUT2D eigenvalue weighted by atomic mass is 16.2. The van der Waals surface area contributed by atoms with Crippen LogP contribution in [0.25, 0.3) is 11.0 Å². The van der Waals surface area contributed by atoms with Crippen LogP contribution in [0.4, 0.5) is 17.3 Å². The van der Waals surface area contributed by atoms with Gasteiger partial charge in [-0.05, 0) is 38.9 Å². The lowest BCUT2D eigenvalue weighted by Crippen LogP contribution is -2.44. The van der Waals surface area contributed by atoms with Crippen LogP contribution in [0.3, 0.4) is 0 Å². The molecule has 0 spiro atoms. The van der Waals surface area contributed by atoms with Gasteiger partial charge in [-0.1, -0.05) is 31.4 Å². The molecule has 1 saturated heterocycles. The number of carbonyl (C=O) groups excluding carboxylic acids is 1. The minimum absolute atomic E-state index is 0.152. The highest BCUT2D eigenvalue weighted by Crippen LogP contribution is 2.32. The van der Waals surface area contributed by atoms with Crippen molar-refractivity contribution >= 4 is 34.3 Å². The average Bonchev–Trinajstić information content (AvgIpc) is 2.90. The van der Waals surface area contributed by atoms with Crippen molar-refractivity contribution in [2.75, 3.05) is 50.0 Å². The number of carbonyl (C=O) groups is 1. The minimum atomic E-state index is -0.350. The van der Waals surface area contributed by atoms with Gasteiger partial charge < -0.3 is 25.0 Å². The van der Waals surface area contributed by atoms with Crippen LogP contribution in [-0.4, -0.2) is 65.1 Å². The number of pyridine rings is 1. The maximum absolute atomic E-state index is 13.3. The first kappa shape index (κ1) is 24.2. The molecule has 1 aromatic carbocycles. The van der Waals surface area contributed by atoms with Crippen molar-refractivity contribution in [1.82, 2.24) is 24.8 Å². The largest absolute Gasteiger partial charge is 0.367 e. The van der Waals surface area contributed by atoms with Crippen LogP contribution < -0.4 is 21.0 Å². The molecule has 36 heavy (non-hydrogen) atoms. The molecule has 3 aromatic rings. The van der Waals surface area contributed by atoms with E-state index in [1.54, 1.807) is 12.4 Å². The fraction of sp³-hybridized carbons (Fsp3) is 0.481. The Morgan fingerprint density at radius 3 is 2.58 bits per heavy atom. The molecule has 2 fully saturated rings. The van der Waals surface area contributed by atoms with E-state index in [4.69, 9.17) is 4.98 Å². The second-order valence-electron chi connectivity index (χ2n) is 9.79. The lowest BCUT2D eigenvalue weighted by atomic mass is 9.95. The van der Waals surface area contributed by atoms with Gasteiger partial charge in [-0.2, -0.15) is 4.98 Å². The van der Waals surface area contributed by atoms with Crippen LogP contribution in [0.15, 0.2) is 41.5 Å². The number of amides is 1. The third kappa shape index (κ3) is 4.93. The van der Waals surface area contributed by atoms with Crippen LogP contribution in [0.1, 0.15) is 55.4 Å². The number of benzene rings is 1. The molecule has 0 unspecified atom stereocenters. The Morgan fingerprint density at radius 2 is 1.83 bits per heavy atom.